The third-order valence-corrected chi connectivity index (χ3v) is 5.16. The molecule has 0 aliphatic carbocycles. The Morgan fingerprint density at radius 1 is 1.00 bits per heavy atom. The van der Waals surface area contributed by atoms with Crippen LogP contribution in [0.5, 0.6) is 23.0 Å². The molecule has 0 aliphatic rings. The maximum atomic E-state index is 11.2. The number of carbonyl (C=O) groups excluding carboxylic acids is 1. The van der Waals surface area contributed by atoms with Crippen molar-refractivity contribution in [1.82, 2.24) is 4.98 Å². The first-order chi connectivity index (χ1) is 15.0. The van der Waals surface area contributed by atoms with Gasteiger partial charge in [0.15, 0.2) is 23.0 Å². The lowest BCUT2D eigenvalue weighted by molar-refractivity contribution is -0.132. The molecule has 7 nitrogen and oxygen atoms in total. The van der Waals surface area contributed by atoms with Crippen molar-refractivity contribution in [2.45, 2.75) is 6.92 Å². The molecule has 0 fully saturated rings. The van der Waals surface area contributed by atoms with Crippen LogP contribution in [-0.2, 0) is 4.79 Å². The fraction of sp³-hybridized carbons (Fsp3) is 0.174. The van der Waals surface area contributed by atoms with Crippen molar-refractivity contribution >= 4 is 29.0 Å². The molecule has 3 aromatic rings. The monoisotopic (exact) mass is 436 g/mol. The smallest absolute Gasteiger partial charge is 0.308 e. The van der Waals surface area contributed by atoms with Crippen LogP contribution in [0.4, 0.5) is 0 Å². The summed E-state index contributed by atoms with van der Waals surface area (Å²) in [6.45, 7) is 1.32. The number of esters is 1. The van der Waals surface area contributed by atoms with Crippen LogP contribution < -0.4 is 18.9 Å². The fourth-order valence-electron chi connectivity index (χ4n) is 2.85. The van der Waals surface area contributed by atoms with E-state index in [1.807, 2.05) is 23.6 Å². The normalized spacial score (nSPS) is 10.9. The molecular formula is C23H20N2O5S. The highest BCUT2D eigenvalue weighted by Gasteiger charge is 2.13. The fourth-order valence-corrected chi connectivity index (χ4v) is 3.64. The molecule has 1 aromatic heterocycles. The van der Waals surface area contributed by atoms with Gasteiger partial charge in [-0.25, -0.2) is 4.98 Å². The van der Waals surface area contributed by atoms with Gasteiger partial charge in [-0.15, -0.1) is 11.3 Å². The number of hydrogen-bond acceptors (Lipinski definition) is 8. The second-order valence-electron chi connectivity index (χ2n) is 6.28. The molecule has 31 heavy (non-hydrogen) atoms. The number of nitrogens with zero attached hydrogens (tertiary/aromatic N) is 2. The number of rotatable bonds is 7. The topological polar surface area (TPSA) is 90.7 Å². The lowest BCUT2D eigenvalue weighted by Gasteiger charge is -2.08. The Morgan fingerprint density at radius 3 is 2.32 bits per heavy atom. The Hall–Kier alpha value is -3.83. The molecule has 0 bridgehead atoms. The molecule has 1 heterocycles. The van der Waals surface area contributed by atoms with E-state index >= 15 is 0 Å². The van der Waals surface area contributed by atoms with E-state index in [-0.39, 0.29) is 0 Å². The first kappa shape index (κ1) is 21.9. The summed E-state index contributed by atoms with van der Waals surface area (Å²) >= 11 is 1.37. The number of methoxy groups -OCH3 is 3. The zero-order valence-electron chi connectivity index (χ0n) is 17.5. The van der Waals surface area contributed by atoms with Crippen LogP contribution in [0, 0.1) is 11.3 Å². The summed E-state index contributed by atoms with van der Waals surface area (Å²) in [6, 6.07) is 12.8. The Bertz CT molecular complexity index is 1180. The van der Waals surface area contributed by atoms with Gasteiger partial charge >= 0.3 is 5.97 Å². The molecule has 0 radical (unpaired) electrons. The minimum atomic E-state index is -0.440. The Balaban J connectivity index is 1.92. The molecular weight excluding hydrogens is 416 g/mol. The number of thiazole rings is 1. The maximum absolute atomic E-state index is 11.2. The van der Waals surface area contributed by atoms with Crippen molar-refractivity contribution in [2.75, 3.05) is 21.3 Å². The first-order valence-corrected chi connectivity index (χ1v) is 10.0. The highest BCUT2D eigenvalue weighted by Crippen LogP contribution is 2.34. The molecule has 0 aliphatic heterocycles. The molecule has 0 atom stereocenters. The van der Waals surface area contributed by atoms with Gasteiger partial charge in [-0.1, -0.05) is 6.07 Å². The molecule has 0 amide bonds. The zero-order chi connectivity index (χ0) is 22.4. The van der Waals surface area contributed by atoms with E-state index in [0.29, 0.717) is 39.1 Å². The van der Waals surface area contributed by atoms with Crippen LogP contribution in [0.15, 0.2) is 41.8 Å². The molecule has 0 saturated carbocycles. The Labute approximate surface area is 184 Å². The minimum absolute atomic E-state index is 0.315. The average Bonchev–Trinajstić information content (AvgIpc) is 3.27. The molecule has 0 spiro atoms. The maximum Gasteiger partial charge on any atom is 0.308 e. The van der Waals surface area contributed by atoms with Crippen LogP contribution in [-0.4, -0.2) is 32.3 Å². The predicted octanol–water partition coefficient (Wildman–Crippen LogP) is 4.83. The van der Waals surface area contributed by atoms with Gasteiger partial charge in [0.05, 0.1) is 32.6 Å². The highest BCUT2D eigenvalue weighted by atomic mass is 32.1. The van der Waals surface area contributed by atoms with Crippen LogP contribution in [0.2, 0.25) is 0 Å². The lowest BCUT2D eigenvalue weighted by atomic mass is 10.1. The van der Waals surface area contributed by atoms with E-state index in [1.165, 1.54) is 25.4 Å². The third-order valence-electron chi connectivity index (χ3n) is 4.29. The molecule has 3 rings (SSSR count). The van der Waals surface area contributed by atoms with Gasteiger partial charge in [-0.2, -0.15) is 5.26 Å². The van der Waals surface area contributed by atoms with E-state index in [9.17, 15) is 10.1 Å². The number of benzene rings is 2. The summed E-state index contributed by atoms with van der Waals surface area (Å²) < 4.78 is 21.0. The van der Waals surface area contributed by atoms with E-state index in [0.717, 1.165) is 11.3 Å². The van der Waals surface area contributed by atoms with Crippen molar-refractivity contribution in [1.29, 1.82) is 5.26 Å². The van der Waals surface area contributed by atoms with E-state index in [2.05, 4.69) is 11.1 Å². The Kier molecular flexibility index (Phi) is 6.90. The lowest BCUT2D eigenvalue weighted by Crippen LogP contribution is -2.03. The highest BCUT2D eigenvalue weighted by molar-refractivity contribution is 7.11. The quantitative estimate of drug-likeness (QED) is 0.298. The van der Waals surface area contributed by atoms with Crippen molar-refractivity contribution in [3.05, 3.63) is 52.3 Å². The molecule has 0 unspecified atom stereocenters. The summed E-state index contributed by atoms with van der Waals surface area (Å²) in [5.74, 6) is 1.50. The molecule has 8 heteroatoms. The van der Waals surface area contributed by atoms with E-state index in [4.69, 9.17) is 18.9 Å². The van der Waals surface area contributed by atoms with Gasteiger partial charge in [-0.05, 0) is 42.0 Å². The standard InChI is InChI=1S/C23H20N2O5S/c1-14(26)30-20-7-5-15(10-21(20)28-3)9-17(12-24)23-25-18(13-31-23)16-6-8-19(27-2)22(11-16)29-4/h5-11,13H,1-4H3. The van der Waals surface area contributed by atoms with Crippen LogP contribution in [0.1, 0.15) is 17.5 Å². The van der Waals surface area contributed by atoms with E-state index in [1.54, 1.807) is 38.5 Å². The van der Waals surface area contributed by atoms with E-state index < -0.39 is 5.97 Å². The minimum Gasteiger partial charge on any atom is -0.493 e. The van der Waals surface area contributed by atoms with Crippen molar-refractivity contribution < 1.29 is 23.7 Å². The van der Waals surface area contributed by atoms with Gasteiger partial charge in [-0.3, -0.25) is 4.79 Å². The van der Waals surface area contributed by atoms with Gasteiger partial charge in [0.1, 0.15) is 11.1 Å². The SMILES string of the molecule is COc1ccc(-c2csc(C(C#N)=Cc3ccc(OC(C)=O)c(OC)c3)n2)cc1OC. The summed E-state index contributed by atoms with van der Waals surface area (Å²) in [5, 5.41) is 12.1. The summed E-state index contributed by atoms with van der Waals surface area (Å²) in [5.41, 5.74) is 2.70. The number of allylic oxidation sites excluding steroid dienone is 1. The Morgan fingerprint density at radius 2 is 1.68 bits per heavy atom. The number of carbonyl (C=O) groups is 1. The van der Waals surface area contributed by atoms with Gasteiger partial charge in [0.2, 0.25) is 0 Å². The van der Waals surface area contributed by atoms with Crippen molar-refractivity contribution in [3.63, 3.8) is 0 Å². The van der Waals surface area contributed by atoms with Crippen molar-refractivity contribution in [3.8, 4) is 40.3 Å². The number of nitriles is 1. The number of hydrogen-bond donors (Lipinski definition) is 0. The summed E-state index contributed by atoms with van der Waals surface area (Å²) in [6.07, 6.45) is 1.71. The molecule has 2 aromatic carbocycles. The second kappa shape index (κ2) is 9.78. The first-order valence-electron chi connectivity index (χ1n) is 9.15. The summed E-state index contributed by atoms with van der Waals surface area (Å²) in [7, 11) is 4.64. The van der Waals surface area contributed by atoms with Crippen LogP contribution >= 0.6 is 11.3 Å². The number of ether oxygens (including phenoxy) is 4. The van der Waals surface area contributed by atoms with Gasteiger partial charge in [0, 0.05) is 17.9 Å². The zero-order valence-corrected chi connectivity index (χ0v) is 18.3. The second-order valence-corrected chi connectivity index (χ2v) is 7.14. The van der Waals surface area contributed by atoms with Crippen LogP contribution in [0.25, 0.3) is 22.9 Å². The summed E-state index contributed by atoms with van der Waals surface area (Å²) in [4.78, 5) is 15.8. The molecule has 158 valence electrons. The number of aromatic nitrogens is 1. The average molecular weight is 436 g/mol. The van der Waals surface area contributed by atoms with Gasteiger partial charge in [0.25, 0.3) is 0 Å². The molecule has 0 N–H and O–H groups in total. The predicted molar refractivity (Wildman–Crippen MR) is 118 cm³/mol. The van der Waals surface area contributed by atoms with Gasteiger partial charge < -0.3 is 18.9 Å². The van der Waals surface area contributed by atoms with Crippen molar-refractivity contribution in [2.24, 2.45) is 0 Å². The van der Waals surface area contributed by atoms with Crippen LogP contribution in [0.3, 0.4) is 0 Å². The third kappa shape index (κ3) is 5.02. The molecule has 0 saturated heterocycles. The largest absolute Gasteiger partial charge is 0.493 e.